The van der Waals surface area contributed by atoms with E-state index >= 15 is 0 Å². The van der Waals surface area contributed by atoms with Crippen LogP contribution in [0.1, 0.15) is 24.9 Å². The highest BCUT2D eigenvalue weighted by Crippen LogP contribution is 2.35. The van der Waals surface area contributed by atoms with E-state index in [1.807, 2.05) is 24.4 Å². The lowest BCUT2D eigenvalue weighted by Gasteiger charge is -2.26. The molecule has 1 fully saturated rings. The van der Waals surface area contributed by atoms with Crippen LogP contribution in [-0.4, -0.2) is 17.7 Å². The molecular weight excluding hydrogens is 238 g/mol. The van der Waals surface area contributed by atoms with Crippen LogP contribution in [0.5, 0.6) is 0 Å². The van der Waals surface area contributed by atoms with Gasteiger partial charge in [0.05, 0.1) is 17.7 Å². The molecule has 0 bridgehead atoms. The molecule has 19 heavy (non-hydrogen) atoms. The summed E-state index contributed by atoms with van der Waals surface area (Å²) in [6.07, 6.45) is 3.08. The number of nitrogens with one attached hydrogen (secondary N) is 1. The Bertz CT molecular complexity index is 567. The van der Waals surface area contributed by atoms with Gasteiger partial charge in [-0.25, -0.2) is 0 Å². The predicted molar refractivity (Wildman–Crippen MR) is 75.3 cm³/mol. The SMILES string of the molecule is CC1OCCC1C(NN)c1cccc2ncccc12. The minimum absolute atomic E-state index is 0.102. The molecule has 0 spiro atoms. The van der Waals surface area contributed by atoms with E-state index in [4.69, 9.17) is 10.6 Å². The van der Waals surface area contributed by atoms with Crippen LogP contribution < -0.4 is 11.3 Å². The van der Waals surface area contributed by atoms with E-state index < -0.39 is 0 Å². The molecule has 1 aliphatic rings. The summed E-state index contributed by atoms with van der Waals surface area (Å²) in [4.78, 5) is 4.40. The Kier molecular flexibility index (Phi) is 3.46. The van der Waals surface area contributed by atoms with Gasteiger partial charge in [0.25, 0.3) is 0 Å². The minimum Gasteiger partial charge on any atom is -0.378 e. The quantitative estimate of drug-likeness (QED) is 0.653. The largest absolute Gasteiger partial charge is 0.378 e. The van der Waals surface area contributed by atoms with Crippen molar-refractivity contribution in [2.75, 3.05) is 6.61 Å². The lowest BCUT2D eigenvalue weighted by Crippen LogP contribution is -2.36. The molecule has 100 valence electrons. The highest BCUT2D eigenvalue weighted by molar-refractivity contribution is 5.82. The lowest BCUT2D eigenvalue weighted by molar-refractivity contribution is 0.0955. The first-order valence-electron chi connectivity index (χ1n) is 6.72. The third kappa shape index (κ3) is 2.23. The van der Waals surface area contributed by atoms with Gasteiger partial charge in [-0.05, 0) is 31.0 Å². The second-order valence-electron chi connectivity index (χ2n) is 5.09. The monoisotopic (exact) mass is 257 g/mol. The van der Waals surface area contributed by atoms with Gasteiger partial charge in [0.15, 0.2) is 0 Å². The van der Waals surface area contributed by atoms with E-state index in [0.717, 1.165) is 23.9 Å². The van der Waals surface area contributed by atoms with Gasteiger partial charge >= 0.3 is 0 Å². The smallest absolute Gasteiger partial charge is 0.0705 e. The summed E-state index contributed by atoms with van der Waals surface area (Å²) in [5.74, 6) is 6.21. The van der Waals surface area contributed by atoms with Crippen LogP contribution in [0.4, 0.5) is 0 Å². The van der Waals surface area contributed by atoms with Crippen molar-refractivity contribution in [3.63, 3.8) is 0 Å². The van der Waals surface area contributed by atoms with E-state index in [0.29, 0.717) is 5.92 Å². The number of fused-ring (bicyclic) bond motifs is 1. The fraction of sp³-hybridized carbons (Fsp3) is 0.400. The number of ether oxygens (including phenoxy) is 1. The molecule has 3 unspecified atom stereocenters. The van der Waals surface area contributed by atoms with Gasteiger partial charge in [0, 0.05) is 24.1 Å². The number of rotatable bonds is 3. The minimum atomic E-state index is 0.102. The second kappa shape index (κ2) is 5.25. The van der Waals surface area contributed by atoms with Crippen molar-refractivity contribution in [2.45, 2.75) is 25.5 Å². The van der Waals surface area contributed by atoms with Gasteiger partial charge in [0.1, 0.15) is 0 Å². The fourth-order valence-electron chi connectivity index (χ4n) is 3.03. The number of benzene rings is 1. The topological polar surface area (TPSA) is 60.2 Å². The van der Waals surface area contributed by atoms with Crippen LogP contribution in [0.3, 0.4) is 0 Å². The van der Waals surface area contributed by atoms with Crippen molar-refractivity contribution in [2.24, 2.45) is 11.8 Å². The summed E-state index contributed by atoms with van der Waals surface area (Å²) in [5, 5.41) is 1.16. The molecule has 0 aliphatic carbocycles. The van der Waals surface area contributed by atoms with Crippen molar-refractivity contribution in [3.05, 3.63) is 42.1 Å². The van der Waals surface area contributed by atoms with Crippen LogP contribution >= 0.6 is 0 Å². The Morgan fingerprint density at radius 2 is 2.26 bits per heavy atom. The normalized spacial score (nSPS) is 24.7. The number of nitrogens with two attached hydrogens (primary N) is 1. The number of hydrogen-bond acceptors (Lipinski definition) is 4. The maximum Gasteiger partial charge on any atom is 0.0705 e. The molecule has 0 amide bonds. The second-order valence-corrected chi connectivity index (χ2v) is 5.09. The van der Waals surface area contributed by atoms with E-state index in [-0.39, 0.29) is 12.1 Å². The molecule has 3 atom stereocenters. The zero-order valence-corrected chi connectivity index (χ0v) is 11.0. The molecule has 2 aromatic rings. The van der Waals surface area contributed by atoms with Gasteiger partial charge in [-0.3, -0.25) is 16.3 Å². The number of hydrogen-bond donors (Lipinski definition) is 2. The Hall–Kier alpha value is -1.49. The summed E-state index contributed by atoms with van der Waals surface area (Å²) in [6, 6.07) is 10.4. The standard InChI is InChI=1S/C15H19N3O/c1-10-11(7-9-19-10)15(18-16)13-4-2-6-14-12(13)5-3-8-17-14/h2-6,8,10-11,15,18H,7,9,16H2,1H3. The van der Waals surface area contributed by atoms with Gasteiger partial charge in [-0.2, -0.15) is 0 Å². The maximum atomic E-state index is 5.81. The summed E-state index contributed by atoms with van der Waals surface area (Å²) < 4.78 is 5.67. The van der Waals surface area contributed by atoms with Crippen LogP contribution in [0, 0.1) is 5.92 Å². The summed E-state index contributed by atoms with van der Waals surface area (Å²) >= 11 is 0. The van der Waals surface area contributed by atoms with Crippen molar-refractivity contribution in [1.29, 1.82) is 0 Å². The molecule has 1 saturated heterocycles. The molecule has 3 rings (SSSR count). The highest BCUT2D eigenvalue weighted by atomic mass is 16.5. The van der Waals surface area contributed by atoms with Gasteiger partial charge in [-0.15, -0.1) is 0 Å². The average Bonchev–Trinajstić information content (AvgIpc) is 2.86. The Balaban J connectivity index is 2.06. The summed E-state index contributed by atoms with van der Waals surface area (Å²) in [5.41, 5.74) is 5.19. The number of aromatic nitrogens is 1. The Morgan fingerprint density at radius 3 is 3.00 bits per heavy atom. The van der Waals surface area contributed by atoms with Crippen molar-refractivity contribution in [3.8, 4) is 0 Å². The summed E-state index contributed by atoms with van der Waals surface area (Å²) in [7, 11) is 0. The molecule has 0 saturated carbocycles. The van der Waals surface area contributed by atoms with E-state index in [9.17, 15) is 0 Å². The van der Waals surface area contributed by atoms with Crippen LogP contribution in [-0.2, 0) is 4.74 Å². The summed E-state index contributed by atoms with van der Waals surface area (Å²) in [6.45, 7) is 2.93. The fourth-order valence-corrected chi connectivity index (χ4v) is 3.03. The average molecular weight is 257 g/mol. The zero-order chi connectivity index (χ0) is 13.2. The Morgan fingerprint density at radius 1 is 1.37 bits per heavy atom. The molecule has 1 aromatic carbocycles. The van der Waals surface area contributed by atoms with Crippen LogP contribution in [0.2, 0.25) is 0 Å². The zero-order valence-electron chi connectivity index (χ0n) is 11.0. The van der Waals surface area contributed by atoms with Crippen molar-refractivity contribution >= 4 is 10.9 Å². The predicted octanol–water partition coefficient (Wildman–Crippen LogP) is 2.16. The van der Waals surface area contributed by atoms with E-state index in [2.05, 4.69) is 29.5 Å². The van der Waals surface area contributed by atoms with Crippen molar-refractivity contribution in [1.82, 2.24) is 10.4 Å². The molecular formula is C15H19N3O. The lowest BCUT2D eigenvalue weighted by atomic mass is 9.87. The van der Waals surface area contributed by atoms with E-state index in [1.54, 1.807) is 0 Å². The Labute approximate surface area is 112 Å². The number of hydrazine groups is 1. The first-order valence-corrected chi connectivity index (χ1v) is 6.72. The van der Waals surface area contributed by atoms with E-state index in [1.165, 1.54) is 5.56 Å². The molecule has 4 heteroatoms. The van der Waals surface area contributed by atoms with Crippen molar-refractivity contribution < 1.29 is 4.74 Å². The van der Waals surface area contributed by atoms with Gasteiger partial charge < -0.3 is 4.74 Å². The third-order valence-corrected chi connectivity index (χ3v) is 4.06. The molecule has 3 N–H and O–H groups in total. The van der Waals surface area contributed by atoms with Crippen LogP contribution in [0.15, 0.2) is 36.5 Å². The third-order valence-electron chi connectivity index (χ3n) is 4.06. The maximum absolute atomic E-state index is 5.81. The first-order chi connectivity index (χ1) is 9.31. The van der Waals surface area contributed by atoms with Gasteiger partial charge in [0.2, 0.25) is 0 Å². The molecule has 1 aromatic heterocycles. The molecule has 2 heterocycles. The number of pyridine rings is 1. The molecule has 1 aliphatic heterocycles. The number of nitrogens with zero attached hydrogens (tertiary/aromatic N) is 1. The molecule has 4 nitrogen and oxygen atoms in total. The molecule has 0 radical (unpaired) electrons. The van der Waals surface area contributed by atoms with Crippen LogP contribution in [0.25, 0.3) is 10.9 Å². The first kappa shape index (κ1) is 12.5. The highest BCUT2D eigenvalue weighted by Gasteiger charge is 2.32. The van der Waals surface area contributed by atoms with Gasteiger partial charge in [-0.1, -0.05) is 18.2 Å².